The fourth-order valence-corrected chi connectivity index (χ4v) is 2.86. The van der Waals surface area contributed by atoms with Gasteiger partial charge in [-0.3, -0.25) is 4.99 Å². The largest absolute Gasteiger partial charge is 0.491 e. The predicted molar refractivity (Wildman–Crippen MR) is 98.6 cm³/mol. The Kier molecular flexibility index (Phi) is 6.49. The van der Waals surface area contributed by atoms with Crippen LogP contribution in [-0.4, -0.2) is 54.9 Å². The molecule has 1 aliphatic heterocycles. The van der Waals surface area contributed by atoms with Crippen molar-refractivity contribution in [2.45, 2.75) is 40.2 Å². The number of likely N-dealkylation sites (tertiary alicyclic amines) is 1. The van der Waals surface area contributed by atoms with Crippen molar-refractivity contribution in [2.24, 2.45) is 10.4 Å². The van der Waals surface area contributed by atoms with Crippen LogP contribution in [0.3, 0.4) is 0 Å². The molecule has 0 amide bonds. The number of aryl methyl sites for hydroxylation is 1. The second-order valence-corrected chi connectivity index (χ2v) is 7.31. The summed E-state index contributed by atoms with van der Waals surface area (Å²) in [5.74, 6) is 1.67. The van der Waals surface area contributed by atoms with E-state index >= 15 is 0 Å². The van der Waals surface area contributed by atoms with Crippen molar-refractivity contribution >= 4 is 5.96 Å². The maximum Gasteiger partial charge on any atom is 0.194 e. The molecule has 2 N–H and O–H groups in total. The zero-order valence-corrected chi connectivity index (χ0v) is 15.4. The number of nitrogens with one attached hydrogen (secondary N) is 1. The quantitative estimate of drug-likeness (QED) is 0.620. The number of rotatable bonds is 6. The van der Waals surface area contributed by atoms with Gasteiger partial charge < -0.3 is 20.1 Å². The van der Waals surface area contributed by atoms with Crippen LogP contribution >= 0.6 is 0 Å². The van der Waals surface area contributed by atoms with Crippen LogP contribution < -0.4 is 10.1 Å². The van der Waals surface area contributed by atoms with Gasteiger partial charge in [0.2, 0.25) is 0 Å². The molecule has 0 aromatic heterocycles. The number of guanidine groups is 1. The molecule has 5 nitrogen and oxygen atoms in total. The molecule has 0 saturated carbocycles. The SMILES string of the molecule is CCNC(=NCC(O)COc1cccc(C)c1)N1CCC(C)(C)C1. The minimum atomic E-state index is -0.616. The van der Waals surface area contributed by atoms with Crippen LogP contribution in [0, 0.1) is 12.3 Å². The third-order valence-electron chi connectivity index (χ3n) is 4.20. The lowest BCUT2D eigenvalue weighted by molar-refractivity contribution is 0.114. The third-order valence-corrected chi connectivity index (χ3v) is 4.20. The number of nitrogens with zero attached hydrogens (tertiary/aromatic N) is 2. The first-order valence-corrected chi connectivity index (χ1v) is 8.80. The molecule has 134 valence electrons. The fourth-order valence-electron chi connectivity index (χ4n) is 2.86. The van der Waals surface area contributed by atoms with E-state index in [-0.39, 0.29) is 6.61 Å². The van der Waals surface area contributed by atoms with Gasteiger partial charge in [0, 0.05) is 19.6 Å². The fraction of sp³-hybridized carbons (Fsp3) is 0.632. The molecule has 1 fully saturated rings. The van der Waals surface area contributed by atoms with Gasteiger partial charge in [-0.25, -0.2) is 0 Å². The number of ether oxygens (including phenoxy) is 1. The Hall–Kier alpha value is -1.75. The molecule has 1 aliphatic rings. The van der Waals surface area contributed by atoms with E-state index in [4.69, 9.17) is 4.74 Å². The molecular formula is C19H31N3O2. The third kappa shape index (κ3) is 5.71. The Balaban J connectivity index is 1.86. The highest BCUT2D eigenvalue weighted by Crippen LogP contribution is 2.28. The van der Waals surface area contributed by atoms with E-state index < -0.39 is 6.10 Å². The van der Waals surface area contributed by atoms with Gasteiger partial charge in [0.15, 0.2) is 5.96 Å². The summed E-state index contributed by atoms with van der Waals surface area (Å²) in [7, 11) is 0. The van der Waals surface area contributed by atoms with Crippen LogP contribution in [0.2, 0.25) is 0 Å². The van der Waals surface area contributed by atoms with Crippen LogP contribution in [0.5, 0.6) is 5.75 Å². The van der Waals surface area contributed by atoms with Gasteiger partial charge in [-0.05, 0) is 43.4 Å². The average molecular weight is 333 g/mol. The van der Waals surface area contributed by atoms with Gasteiger partial charge in [-0.1, -0.05) is 26.0 Å². The lowest BCUT2D eigenvalue weighted by Crippen LogP contribution is -2.41. The van der Waals surface area contributed by atoms with Gasteiger partial charge in [-0.2, -0.15) is 0 Å². The topological polar surface area (TPSA) is 57.1 Å². The van der Waals surface area contributed by atoms with Crippen molar-refractivity contribution in [3.63, 3.8) is 0 Å². The van der Waals surface area contributed by atoms with Gasteiger partial charge in [0.05, 0.1) is 6.54 Å². The van der Waals surface area contributed by atoms with Crippen molar-refractivity contribution < 1.29 is 9.84 Å². The first-order chi connectivity index (χ1) is 11.4. The Morgan fingerprint density at radius 1 is 1.46 bits per heavy atom. The standard InChI is InChI=1S/C19H31N3O2/c1-5-20-18(22-10-9-19(3,4)14-22)21-12-16(23)13-24-17-8-6-7-15(2)11-17/h6-8,11,16,23H,5,9-10,12-14H2,1-4H3,(H,20,21). The second kappa shape index (κ2) is 8.38. The Morgan fingerprint density at radius 3 is 2.88 bits per heavy atom. The van der Waals surface area contributed by atoms with Crippen LogP contribution in [-0.2, 0) is 0 Å². The summed E-state index contributed by atoms with van der Waals surface area (Å²) in [5.41, 5.74) is 1.47. The monoisotopic (exact) mass is 333 g/mol. The van der Waals surface area contributed by atoms with E-state index in [0.29, 0.717) is 12.0 Å². The number of aliphatic hydroxyl groups excluding tert-OH is 1. The summed E-state index contributed by atoms with van der Waals surface area (Å²) in [4.78, 5) is 6.87. The Morgan fingerprint density at radius 2 is 2.25 bits per heavy atom. The van der Waals surface area contributed by atoms with E-state index in [0.717, 1.165) is 43.3 Å². The number of aliphatic imine (C=N–C) groups is 1. The smallest absolute Gasteiger partial charge is 0.194 e. The summed E-state index contributed by atoms with van der Waals surface area (Å²) in [6.07, 6.45) is 0.547. The van der Waals surface area contributed by atoms with E-state index in [9.17, 15) is 5.11 Å². The maximum absolute atomic E-state index is 10.2. The normalized spacial score (nSPS) is 18.5. The van der Waals surface area contributed by atoms with Crippen LogP contribution in [0.4, 0.5) is 0 Å². The van der Waals surface area contributed by atoms with Crippen molar-refractivity contribution in [1.29, 1.82) is 0 Å². The molecule has 2 rings (SSSR count). The van der Waals surface area contributed by atoms with E-state index in [2.05, 4.69) is 36.0 Å². The highest BCUT2D eigenvalue weighted by atomic mass is 16.5. The van der Waals surface area contributed by atoms with E-state index in [1.807, 2.05) is 31.2 Å². The summed E-state index contributed by atoms with van der Waals surface area (Å²) in [6, 6.07) is 7.84. The summed E-state index contributed by atoms with van der Waals surface area (Å²) in [5, 5.41) is 13.5. The molecule has 0 aliphatic carbocycles. The highest BCUT2D eigenvalue weighted by molar-refractivity contribution is 5.80. The molecule has 1 heterocycles. The number of hydrogen-bond donors (Lipinski definition) is 2. The molecule has 1 aromatic carbocycles. The lowest BCUT2D eigenvalue weighted by Gasteiger charge is -2.24. The zero-order chi connectivity index (χ0) is 17.6. The Bertz CT molecular complexity index is 557. The van der Waals surface area contributed by atoms with Crippen LogP contribution in [0.15, 0.2) is 29.3 Å². The molecule has 24 heavy (non-hydrogen) atoms. The van der Waals surface area contributed by atoms with Gasteiger partial charge in [-0.15, -0.1) is 0 Å². The Labute approximate surface area is 145 Å². The van der Waals surface area contributed by atoms with Crippen molar-refractivity contribution in [3.8, 4) is 5.75 Å². The minimum Gasteiger partial charge on any atom is -0.491 e. The molecule has 0 spiro atoms. The zero-order valence-electron chi connectivity index (χ0n) is 15.4. The first-order valence-electron chi connectivity index (χ1n) is 8.80. The molecule has 0 bridgehead atoms. The van der Waals surface area contributed by atoms with Crippen molar-refractivity contribution in [3.05, 3.63) is 29.8 Å². The summed E-state index contributed by atoms with van der Waals surface area (Å²) < 4.78 is 5.65. The number of aliphatic hydroxyl groups is 1. The van der Waals surface area contributed by atoms with Crippen molar-refractivity contribution in [2.75, 3.05) is 32.8 Å². The first kappa shape index (κ1) is 18.6. The molecule has 1 saturated heterocycles. The van der Waals surface area contributed by atoms with Crippen LogP contribution in [0.25, 0.3) is 0 Å². The molecule has 1 atom stereocenters. The molecular weight excluding hydrogens is 302 g/mol. The number of hydrogen-bond acceptors (Lipinski definition) is 3. The molecule has 1 unspecified atom stereocenters. The van der Waals surface area contributed by atoms with Crippen LogP contribution in [0.1, 0.15) is 32.8 Å². The summed E-state index contributed by atoms with van der Waals surface area (Å²) in [6.45, 7) is 12.1. The molecule has 5 heteroatoms. The van der Waals surface area contributed by atoms with E-state index in [1.165, 1.54) is 0 Å². The highest BCUT2D eigenvalue weighted by Gasteiger charge is 2.30. The lowest BCUT2D eigenvalue weighted by atomic mass is 9.93. The average Bonchev–Trinajstić information content (AvgIpc) is 2.89. The summed E-state index contributed by atoms with van der Waals surface area (Å²) >= 11 is 0. The second-order valence-electron chi connectivity index (χ2n) is 7.31. The van der Waals surface area contributed by atoms with E-state index in [1.54, 1.807) is 0 Å². The number of benzene rings is 1. The maximum atomic E-state index is 10.2. The van der Waals surface area contributed by atoms with Gasteiger partial charge >= 0.3 is 0 Å². The molecule has 1 aromatic rings. The molecule has 0 radical (unpaired) electrons. The van der Waals surface area contributed by atoms with Gasteiger partial charge in [0.25, 0.3) is 0 Å². The minimum absolute atomic E-state index is 0.248. The van der Waals surface area contributed by atoms with Crippen molar-refractivity contribution in [1.82, 2.24) is 10.2 Å². The van der Waals surface area contributed by atoms with Gasteiger partial charge in [0.1, 0.15) is 18.5 Å². The predicted octanol–water partition coefficient (Wildman–Crippen LogP) is 2.43.